The van der Waals surface area contributed by atoms with Crippen LogP contribution in [0, 0.1) is 0 Å². The van der Waals surface area contributed by atoms with Gasteiger partial charge in [-0.05, 0) is 30.3 Å². The topological polar surface area (TPSA) is 59.8 Å². The van der Waals surface area contributed by atoms with Gasteiger partial charge in [-0.3, -0.25) is 4.79 Å². The van der Waals surface area contributed by atoms with E-state index in [1.165, 1.54) is 11.8 Å². The number of hydrogen-bond donors (Lipinski definition) is 1. The van der Waals surface area contributed by atoms with Crippen molar-refractivity contribution in [2.24, 2.45) is 7.05 Å². The van der Waals surface area contributed by atoms with Crippen molar-refractivity contribution >= 4 is 58.2 Å². The molecular formula is C17H13Cl3N4OS. The first kappa shape index (κ1) is 19.0. The van der Waals surface area contributed by atoms with Gasteiger partial charge in [-0.1, -0.05) is 58.7 Å². The molecule has 1 amide bonds. The number of hydrogen-bond acceptors (Lipinski definition) is 4. The molecule has 0 aliphatic heterocycles. The maximum absolute atomic E-state index is 12.2. The van der Waals surface area contributed by atoms with E-state index < -0.39 is 0 Å². The smallest absolute Gasteiger partial charge is 0.234 e. The zero-order valence-electron chi connectivity index (χ0n) is 13.5. The number of aromatic nitrogens is 3. The molecule has 0 radical (unpaired) electrons. The van der Waals surface area contributed by atoms with Crippen LogP contribution in [-0.4, -0.2) is 26.4 Å². The zero-order valence-corrected chi connectivity index (χ0v) is 16.6. The Bertz CT molecular complexity index is 961. The Labute approximate surface area is 169 Å². The maximum Gasteiger partial charge on any atom is 0.234 e. The normalized spacial score (nSPS) is 10.8. The molecule has 3 aromatic rings. The number of nitrogens with one attached hydrogen (secondary N) is 1. The zero-order chi connectivity index (χ0) is 18.7. The minimum absolute atomic E-state index is 0.160. The lowest BCUT2D eigenvalue weighted by Gasteiger charge is -2.08. The highest BCUT2D eigenvalue weighted by Gasteiger charge is 2.15. The second kappa shape index (κ2) is 8.31. The molecule has 0 saturated heterocycles. The van der Waals surface area contributed by atoms with Crippen LogP contribution < -0.4 is 5.32 Å². The van der Waals surface area contributed by atoms with Gasteiger partial charge in [0.25, 0.3) is 0 Å². The molecule has 0 aliphatic rings. The molecule has 2 aromatic carbocycles. The summed E-state index contributed by atoms with van der Waals surface area (Å²) in [7, 11) is 1.83. The largest absolute Gasteiger partial charge is 0.324 e. The predicted octanol–water partition coefficient (Wildman–Crippen LogP) is 5.17. The predicted molar refractivity (Wildman–Crippen MR) is 107 cm³/mol. The van der Waals surface area contributed by atoms with Crippen LogP contribution in [0.4, 0.5) is 5.69 Å². The van der Waals surface area contributed by atoms with Gasteiger partial charge in [-0.25, -0.2) is 0 Å². The summed E-state index contributed by atoms with van der Waals surface area (Å²) in [6.45, 7) is 0. The van der Waals surface area contributed by atoms with E-state index in [0.717, 1.165) is 5.56 Å². The van der Waals surface area contributed by atoms with Gasteiger partial charge in [0, 0.05) is 17.6 Å². The number of rotatable bonds is 5. The molecule has 26 heavy (non-hydrogen) atoms. The molecule has 0 saturated carbocycles. The van der Waals surface area contributed by atoms with Gasteiger partial charge in [0.1, 0.15) is 0 Å². The van der Waals surface area contributed by atoms with Crippen molar-refractivity contribution in [3.05, 3.63) is 57.5 Å². The number of thioether (sulfide) groups is 1. The van der Waals surface area contributed by atoms with E-state index in [9.17, 15) is 4.79 Å². The van der Waals surface area contributed by atoms with Gasteiger partial charge in [-0.2, -0.15) is 0 Å². The average molecular weight is 428 g/mol. The Kier molecular flexibility index (Phi) is 6.09. The number of carbonyl (C=O) groups is 1. The van der Waals surface area contributed by atoms with E-state index in [2.05, 4.69) is 15.5 Å². The van der Waals surface area contributed by atoms with Crippen molar-refractivity contribution in [1.29, 1.82) is 0 Å². The Hall–Kier alpha value is -1.73. The standard InChI is InChI=1S/C17H13Cl3N4OS/c1-24-16(11-4-2-3-5-12(11)19)22-23-17(24)26-9-15(25)21-14-7-6-10(18)8-13(14)20/h2-8H,9H2,1H3,(H,21,25). The number of nitrogens with zero attached hydrogens (tertiary/aromatic N) is 3. The Morgan fingerprint density at radius 1 is 1.12 bits per heavy atom. The first-order valence-electron chi connectivity index (χ1n) is 7.47. The first-order chi connectivity index (χ1) is 12.5. The van der Waals surface area contributed by atoms with Crippen LogP contribution in [0.1, 0.15) is 0 Å². The summed E-state index contributed by atoms with van der Waals surface area (Å²) in [4.78, 5) is 12.2. The lowest BCUT2D eigenvalue weighted by molar-refractivity contribution is -0.113. The molecule has 9 heteroatoms. The molecule has 0 aliphatic carbocycles. The lowest BCUT2D eigenvalue weighted by Crippen LogP contribution is -2.14. The van der Waals surface area contributed by atoms with E-state index in [1.54, 1.807) is 28.8 Å². The summed E-state index contributed by atoms with van der Waals surface area (Å²) in [5.74, 6) is 0.591. The van der Waals surface area contributed by atoms with Crippen LogP contribution in [0.3, 0.4) is 0 Å². The van der Waals surface area contributed by atoms with E-state index in [-0.39, 0.29) is 11.7 Å². The summed E-state index contributed by atoms with van der Waals surface area (Å²) in [5, 5.41) is 13.1. The molecule has 5 nitrogen and oxygen atoms in total. The average Bonchev–Trinajstić information content (AvgIpc) is 2.97. The third kappa shape index (κ3) is 4.32. The van der Waals surface area contributed by atoms with Crippen molar-refractivity contribution in [3.8, 4) is 11.4 Å². The highest BCUT2D eigenvalue weighted by Crippen LogP contribution is 2.29. The van der Waals surface area contributed by atoms with Gasteiger partial charge < -0.3 is 9.88 Å². The van der Waals surface area contributed by atoms with Crippen molar-refractivity contribution in [3.63, 3.8) is 0 Å². The summed E-state index contributed by atoms with van der Waals surface area (Å²) >= 11 is 19.4. The molecule has 0 spiro atoms. The molecule has 0 atom stereocenters. The monoisotopic (exact) mass is 426 g/mol. The fourth-order valence-corrected chi connectivity index (χ4v) is 3.61. The van der Waals surface area contributed by atoms with E-state index in [1.807, 2.05) is 25.2 Å². The molecule has 1 N–H and O–H groups in total. The van der Waals surface area contributed by atoms with Crippen molar-refractivity contribution < 1.29 is 4.79 Å². The molecular weight excluding hydrogens is 415 g/mol. The highest BCUT2D eigenvalue weighted by molar-refractivity contribution is 7.99. The number of benzene rings is 2. The number of anilines is 1. The molecule has 0 bridgehead atoms. The van der Waals surface area contributed by atoms with E-state index >= 15 is 0 Å². The second-order valence-corrected chi connectivity index (χ2v) is 7.50. The number of carbonyl (C=O) groups excluding carboxylic acids is 1. The Balaban J connectivity index is 1.67. The van der Waals surface area contributed by atoms with Crippen molar-refractivity contribution in [2.45, 2.75) is 5.16 Å². The third-order valence-corrected chi connectivity index (χ3v) is 5.38. The second-order valence-electron chi connectivity index (χ2n) is 5.31. The molecule has 3 rings (SSSR count). The summed E-state index contributed by atoms with van der Waals surface area (Å²) in [5.41, 5.74) is 1.30. The minimum atomic E-state index is -0.207. The Morgan fingerprint density at radius 2 is 1.88 bits per heavy atom. The first-order valence-corrected chi connectivity index (χ1v) is 9.59. The fraction of sp³-hybridized carbons (Fsp3) is 0.118. The summed E-state index contributed by atoms with van der Waals surface area (Å²) < 4.78 is 1.80. The van der Waals surface area contributed by atoms with Crippen LogP contribution in [0.15, 0.2) is 47.6 Å². The lowest BCUT2D eigenvalue weighted by atomic mass is 10.2. The van der Waals surface area contributed by atoms with Crippen LogP contribution >= 0.6 is 46.6 Å². The van der Waals surface area contributed by atoms with Gasteiger partial charge in [0.05, 0.1) is 21.5 Å². The van der Waals surface area contributed by atoms with Crippen molar-refractivity contribution in [2.75, 3.05) is 11.1 Å². The third-order valence-electron chi connectivity index (χ3n) is 3.49. The van der Waals surface area contributed by atoms with E-state index in [0.29, 0.717) is 31.7 Å². The SMILES string of the molecule is Cn1c(SCC(=O)Nc2ccc(Cl)cc2Cl)nnc1-c1ccccc1Cl. The van der Waals surface area contributed by atoms with Crippen LogP contribution in [0.25, 0.3) is 11.4 Å². The van der Waals surface area contributed by atoms with Gasteiger partial charge in [-0.15, -0.1) is 10.2 Å². The fourth-order valence-electron chi connectivity index (χ4n) is 2.22. The quantitative estimate of drug-likeness (QED) is 0.570. The number of halogens is 3. The van der Waals surface area contributed by atoms with Gasteiger partial charge >= 0.3 is 0 Å². The van der Waals surface area contributed by atoms with Crippen LogP contribution in [-0.2, 0) is 11.8 Å². The molecule has 1 aromatic heterocycles. The molecule has 1 heterocycles. The van der Waals surface area contributed by atoms with Crippen LogP contribution in [0.5, 0.6) is 0 Å². The summed E-state index contributed by atoms with van der Waals surface area (Å²) in [6, 6.07) is 12.3. The molecule has 0 unspecified atom stereocenters. The maximum atomic E-state index is 12.2. The van der Waals surface area contributed by atoms with E-state index in [4.69, 9.17) is 34.8 Å². The van der Waals surface area contributed by atoms with Crippen LogP contribution in [0.2, 0.25) is 15.1 Å². The summed E-state index contributed by atoms with van der Waals surface area (Å²) in [6.07, 6.45) is 0. The molecule has 134 valence electrons. The highest BCUT2D eigenvalue weighted by atomic mass is 35.5. The van der Waals surface area contributed by atoms with Crippen molar-refractivity contribution in [1.82, 2.24) is 14.8 Å². The number of amides is 1. The van der Waals surface area contributed by atoms with Gasteiger partial charge in [0.2, 0.25) is 5.91 Å². The Morgan fingerprint density at radius 3 is 2.62 bits per heavy atom. The van der Waals surface area contributed by atoms with Gasteiger partial charge in [0.15, 0.2) is 11.0 Å². The molecule has 0 fully saturated rings. The minimum Gasteiger partial charge on any atom is -0.324 e.